The lowest BCUT2D eigenvalue weighted by molar-refractivity contribution is 0.0942. The molecule has 0 radical (unpaired) electrons. The van der Waals surface area contributed by atoms with Gasteiger partial charge in [0.15, 0.2) is 36.8 Å². The van der Waals surface area contributed by atoms with Crippen molar-refractivity contribution in [2.24, 2.45) is 17.8 Å². The molecule has 3 amide bonds. The third-order valence-electron chi connectivity index (χ3n) is 17.9. The molecule has 3 aliphatic rings. The number of nitrogens with one attached hydrogen (secondary N) is 3. The van der Waals surface area contributed by atoms with E-state index in [1.807, 2.05) is 176 Å². The van der Waals surface area contributed by atoms with E-state index in [1.165, 1.54) is 0 Å². The summed E-state index contributed by atoms with van der Waals surface area (Å²) in [5, 5.41) is 10.5. The van der Waals surface area contributed by atoms with Crippen LogP contribution in [0.25, 0.3) is 84.5 Å². The van der Waals surface area contributed by atoms with E-state index in [1.54, 1.807) is 40.7 Å². The molecule has 0 saturated heterocycles. The molecule has 3 aliphatic carbocycles. The van der Waals surface area contributed by atoms with E-state index in [9.17, 15) is 27.0 Å². The molecule has 0 bridgehead atoms. The zero-order valence-corrected chi connectivity index (χ0v) is 60.7. The van der Waals surface area contributed by atoms with Gasteiger partial charge >= 0.3 is 0 Å². The number of carbonyl (C=O) groups is 3. The predicted molar refractivity (Wildman–Crippen MR) is 405 cm³/mol. The van der Waals surface area contributed by atoms with Gasteiger partial charge in [-0.3, -0.25) is 31.8 Å². The lowest BCUT2D eigenvalue weighted by Gasteiger charge is -2.11. The number of aromatic nitrogens is 9. The number of fused-ring (bicyclic) bond motifs is 3. The highest BCUT2D eigenvalue weighted by molar-refractivity contribution is 7.99. The highest BCUT2D eigenvalue weighted by Crippen LogP contribution is 2.34. The van der Waals surface area contributed by atoms with Crippen LogP contribution in [0.4, 0.5) is 0 Å². The summed E-state index contributed by atoms with van der Waals surface area (Å²) in [7, 11) is -4.92. The molecule has 1 unspecified atom stereocenters. The van der Waals surface area contributed by atoms with Gasteiger partial charge in [0.2, 0.25) is 0 Å². The second kappa shape index (κ2) is 31.5. The van der Waals surface area contributed by atoms with E-state index in [0.717, 1.165) is 130 Å². The van der Waals surface area contributed by atoms with E-state index >= 15 is 0 Å². The van der Waals surface area contributed by atoms with Crippen LogP contribution in [0, 0.1) is 17.8 Å². The van der Waals surface area contributed by atoms with Crippen LogP contribution in [0.15, 0.2) is 216 Å². The first-order chi connectivity index (χ1) is 49.4. The maximum atomic E-state index is 13.3. The quantitative estimate of drug-likeness (QED) is 0.0479. The van der Waals surface area contributed by atoms with Gasteiger partial charge in [0, 0.05) is 92.5 Å². The molecular formula is C81H84N12O6S3. The van der Waals surface area contributed by atoms with Gasteiger partial charge in [0.05, 0.1) is 69.3 Å². The summed E-state index contributed by atoms with van der Waals surface area (Å²) in [6, 6.07) is 53.3. The summed E-state index contributed by atoms with van der Waals surface area (Å²) in [5.74, 6) is 2.82. The Labute approximate surface area is 602 Å². The SMILES string of the molecule is CC(C)CCS(=O)(=O)c1nc(-c2ccccc2)cn2c(-c3ccc(C(=O)NC4CC4)cc3)cnc12.CC(C)CCS(=O)c1nc(-c2ccccc2)cn2c(-c3ccc(C(=O)NC4CC4)cc3)cnc12.CC(C)CCSc1nc(-c2ccccc2)cn2c(-c3ccc(C(=O)NC4CC4)cc3)cnc12. The van der Waals surface area contributed by atoms with Crippen molar-refractivity contribution in [2.45, 2.75) is 133 Å². The number of sulfone groups is 1. The van der Waals surface area contributed by atoms with Crippen LogP contribution in [0.2, 0.25) is 0 Å². The number of amides is 3. The average molecular weight is 1420 g/mol. The summed E-state index contributed by atoms with van der Waals surface area (Å²) in [6.07, 6.45) is 20.1. The Morgan fingerprint density at radius 3 is 1.22 bits per heavy atom. The van der Waals surface area contributed by atoms with Crippen LogP contribution < -0.4 is 16.0 Å². The second-order valence-corrected chi connectivity index (χ2v) is 32.2. The van der Waals surface area contributed by atoms with E-state index in [-0.39, 0.29) is 34.4 Å². The monoisotopic (exact) mass is 1420 g/mol. The van der Waals surface area contributed by atoms with Crippen molar-refractivity contribution >= 4 is 67.1 Å². The smallest absolute Gasteiger partial charge is 0.251 e. The van der Waals surface area contributed by atoms with E-state index < -0.39 is 20.6 Å². The Kier molecular flexibility index (Phi) is 21.8. The molecule has 6 aromatic carbocycles. The first-order valence-corrected chi connectivity index (χ1v) is 39.1. The van der Waals surface area contributed by atoms with Gasteiger partial charge in [-0.2, -0.15) is 0 Å². The molecule has 15 rings (SSSR count). The molecule has 1 atom stereocenters. The molecule has 12 aromatic rings. The van der Waals surface area contributed by atoms with Crippen molar-refractivity contribution < 1.29 is 27.0 Å². The number of thioether (sulfide) groups is 1. The van der Waals surface area contributed by atoms with Gasteiger partial charge in [-0.1, -0.05) is 169 Å². The number of carbonyl (C=O) groups excluding carboxylic acids is 3. The summed E-state index contributed by atoms with van der Waals surface area (Å²) in [4.78, 5) is 65.2. The van der Waals surface area contributed by atoms with Crippen LogP contribution in [-0.2, 0) is 20.6 Å². The second-order valence-electron chi connectivity index (χ2n) is 27.6. The highest BCUT2D eigenvalue weighted by atomic mass is 32.2. The Morgan fingerprint density at radius 1 is 0.451 bits per heavy atom. The van der Waals surface area contributed by atoms with Gasteiger partial charge in [-0.05, 0) is 118 Å². The number of hydrogen-bond donors (Lipinski definition) is 3. The van der Waals surface area contributed by atoms with Crippen molar-refractivity contribution in [3.8, 4) is 67.5 Å². The van der Waals surface area contributed by atoms with E-state index in [2.05, 4.69) is 81.3 Å². The first-order valence-electron chi connectivity index (χ1n) is 35.2. The molecular weight excluding hydrogens is 1330 g/mol. The van der Waals surface area contributed by atoms with Gasteiger partial charge in [0.25, 0.3) is 17.7 Å². The van der Waals surface area contributed by atoms with Crippen molar-refractivity contribution in [3.63, 3.8) is 0 Å². The van der Waals surface area contributed by atoms with Crippen molar-refractivity contribution in [1.82, 2.24) is 59.1 Å². The molecule has 3 fully saturated rings. The number of imidazole rings is 3. The molecule has 0 spiro atoms. The Balaban J connectivity index is 0.000000137. The van der Waals surface area contributed by atoms with Gasteiger partial charge in [0.1, 0.15) is 5.03 Å². The number of nitrogens with zero attached hydrogens (tertiary/aromatic N) is 9. The number of benzene rings is 6. The molecule has 18 nitrogen and oxygen atoms in total. The molecule has 522 valence electrons. The van der Waals surface area contributed by atoms with Crippen molar-refractivity contribution in [2.75, 3.05) is 17.3 Å². The molecule has 0 aliphatic heterocycles. The zero-order chi connectivity index (χ0) is 71.0. The fourth-order valence-corrected chi connectivity index (χ4v) is 15.7. The van der Waals surface area contributed by atoms with Crippen LogP contribution >= 0.6 is 11.8 Å². The highest BCUT2D eigenvalue weighted by Gasteiger charge is 2.29. The molecule has 102 heavy (non-hydrogen) atoms. The van der Waals surface area contributed by atoms with Crippen LogP contribution in [0.3, 0.4) is 0 Å². The van der Waals surface area contributed by atoms with Crippen LogP contribution in [0.5, 0.6) is 0 Å². The van der Waals surface area contributed by atoms with Crippen LogP contribution in [-0.4, -0.2) is 109 Å². The normalized spacial score (nSPS) is 14.0. The van der Waals surface area contributed by atoms with Gasteiger partial charge < -0.3 is 16.0 Å². The predicted octanol–water partition coefficient (Wildman–Crippen LogP) is 16.0. The van der Waals surface area contributed by atoms with Crippen molar-refractivity contribution in [3.05, 3.63) is 218 Å². The third-order valence-corrected chi connectivity index (χ3v) is 21.9. The molecule has 6 heterocycles. The fourth-order valence-electron chi connectivity index (χ4n) is 11.4. The summed E-state index contributed by atoms with van der Waals surface area (Å²) in [6.45, 7) is 12.7. The lowest BCUT2D eigenvalue weighted by atomic mass is 10.1. The largest absolute Gasteiger partial charge is 0.349 e. The Hall–Kier alpha value is -9.96. The number of hydrogen-bond acceptors (Lipinski definition) is 13. The zero-order valence-electron chi connectivity index (χ0n) is 58.2. The summed E-state index contributed by atoms with van der Waals surface area (Å²) >= 11 is 1.77. The van der Waals surface area contributed by atoms with Crippen LogP contribution in [0.1, 0.15) is 130 Å². The maximum Gasteiger partial charge on any atom is 0.251 e. The Morgan fingerprint density at radius 2 is 0.814 bits per heavy atom. The minimum absolute atomic E-state index is 0.00148. The van der Waals surface area contributed by atoms with E-state index in [0.29, 0.717) is 80.8 Å². The van der Waals surface area contributed by atoms with Gasteiger partial charge in [-0.25, -0.2) is 38.3 Å². The molecule has 6 aromatic heterocycles. The lowest BCUT2D eigenvalue weighted by Crippen LogP contribution is -2.25. The first kappa shape index (κ1) is 70.5. The summed E-state index contributed by atoms with van der Waals surface area (Å²) in [5.41, 5.74) is 14.2. The molecule has 21 heteroatoms. The standard InChI is InChI=1S/C27H28N4O3S.C27H28N4O2S.C27H28N4OS/c1-18(2)14-15-35(33,34)27-25-28-16-24(31(25)17-23(30-27)19-6-4-3-5-7-19)20-8-10-21(11-9-20)26(32)29-22-12-13-22;1-18(2)14-15-34(33)27-25-28-16-24(31(25)17-23(30-27)19-6-4-3-5-7-19)20-8-10-21(11-9-20)26(32)29-22-12-13-22;1-18(2)14-15-33-27-25-28-16-24(31(25)17-23(30-27)19-6-4-3-5-7-19)20-8-10-21(11-9-20)26(32)29-22-12-13-22/h3-11,16-18,22H,12-15H2,1-2H3,(H,29,32);3-11,16-18,22H,12-15H2,1-2H3,(H,29,32);3-11,16-18,22H,12-15H2,1-2H3,(H,29,32). The minimum atomic E-state index is -3.65. The Bertz CT molecular complexity index is 5090. The van der Waals surface area contributed by atoms with E-state index in [4.69, 9.17) is 15.0 Å². The third kappa shape index (κ3) is 17.3. The minimum Gasteiger partial charge on any atom is -0.349 e. The topological polar surface area (TPSA) is 229 Å². The molecule has 3 N–H and O–H groups in total. The van der Waals surface area contributed by atoms with Gasteiger partial charge in [-0.15, -0.1) is 11.8 Å². The molecule has 3 saturated carbocycles. The fraction of sp³-hybridized carbons (Fsp3) is 0.296. The van der Waals surface area contributed by atoms with Crippen molar-refractivity contribution in [1.29, 1.82) is 0 Å². The number of rotatable bonds is 24. The average Bonchev–Trinajstić information content (AvgIpc) is 1.54. The summed E-state index contributed by atoms with van der Waals surface area (Å²) < 4.78 is 45.8. The maximum absolute atomic E-state index is 13.3.